The molecule has 3 nitrogen and oxygen atoms in total. The minimum atomic E-state index is 0.579. The maximum atomic E-state index is 9.05. The summed E-state index contributed by atoms with van der Waals surface area (Å²) in [4.78, 5) is 0. The van der Waals surface area contributed by atoms with Gasteiger partial charge in [-0.25, -0.2) is 0 Å². The Morgan fingerprint density at radius 3 is 2.44 bits per heavy atom. The summed E-state index contributed by atoms with van der Waals surface area (Å²) in [6.07, 6.45) is 4.23. The highest BCUT2D eigenvalue weighted by Gasteiger charge is 2.05. The molecule has 92 valence electrons. The summed E-state index contributed by atoms with van der Waals surface area (Å²) in [5, 5.41) is 9.05. The third-order valence-electron chi connectivity index (χ3n) is 3.09. The molecule has 0 atom stereocenters. The monoisotopic (exact) mass is 240 g/mol. The molecule has 0 spiro atoms. The van der Waals surface area contributed by atoms with Gasteiger partial charge in [0.2, 0.25) is 0 Å². The van der Waals surface area contributed by atoms with E-state index < -0.39 is 0 Å². The Balaban J connectivity index is 2.27. The molecular weight excluding hydrogens is 224 g/mol. The lowest BCUT2D eigenvalue weighted by molar-refractivity contribution is 0.413. The quantitative estimate of drug-likeness (QED) is 0.827. The first-order valence-electron chi connectivity index (χ1n) is 5.84. The zero-order valence-electron chi connectivity index (χ0n) is 10.9. The predicted molar refractivity (Wildman–Crippen MR) is 70.7 cm³/mol. The molecule has 0 fully saturated rings. The van der Waals surface area contributed by atoms with Gasteiger partial charge in [0.05, 0.1) is 12.7 Å². The molecule has 0 bridgehead atoms. The fraction of sp³-hybridized carbons (Fsp3) is 0.267. The number of methoxy groups -OCH3 is 1. The number of benzene rings is 1. The molecule has 1 heterocycles. The SMILES string of the molecule is COc1ccc(Cn2cc(C)c(C)c2)cc1C#N. The lowest BCUT2D eigenvalue weighted by atomic mass is 10.1. The largest absolute Gasteiger partial charge is 0.495 e. The Morgan fingerprint density at radius 1 is 1.22 bits per heavy atom. The van der Waals surface area contributed by atoms with Crippen molar-refractivity contribution in [1.82, 2.24) is 4.57 Å². The van der Waals surface area contributed by atoms with Crippen LogP contribution in [0, 0.1) is 25.2 Å². The second-order valence-corrected chi connectivity index (χ2v) is 4.44. The van der Waals surface area contributed by atoms with Crippen molar-refractivity contribution in [2.45, 2.75) is 20.4 Å². The lowest BCUT2D eigenvalue weighted by Gasteiger charge is -2.07. The van der Waals surface area contributed by atoms with E-state index >= 15 is 0 Å². The minimum absolute atomic E-state index is 0.579. The second kappa shape index (κ2) is 4.97. The number of hydrogen-bond acceptors (Lipinski definition) is 2. The van der Waals surface area contributed by atoms with Crippen molar-refractivity contribution in [1.29, 1.82) is 5.26 Å². The number of hydrogen-bond donors (Lipinski definition) is 0. The molecule has 0 aliphatic rings. The van der Waals surface area contributed by atoms with Gasteiger partial charge in [0.15, 0.2) is 0 Å². The minimum Gasteiger partial charge on any atom is -0.495 e. The van der Waals surface area contributed by atoms with E-state index in [0.29, 0.717) is 11.3 Å². The molecule has 0 amide bonds. The van der Waals surface area contributed by atoms with Crippen LogP contribution in [0.3, 0.4) is 0 Å². The van der Waals surface area contributed by atoms with Crippen molar-refractivity contribution in [2.24, 2.45) is 0 Å². The molecule has 3 heteroatoms. The van der Waals surface area contributed by atoms with E-state index in [1.54, 1.807) is 7.11 Å². The first-order valence-corrected chi connectivity index (χ1v) is 5.84. The molecule has 0 N–H and O–H groups in total. The summed E-state index contributed by atoms with van der Waals surface area (Å²) >= 11 is 0. The molecule has 0 radical (unpaired) electrons. The van der Waals surface area contributed by atoms with Gasteiger partial charge in [0.1, 0.15) is 11.8 Å². The van der Waals surface area contributed by atoms with Gasteiger partial charge >= 0.3 is 0 Å². The molecule has 18 heavy (non-hydrogen) atoms. The van der Waals surface area contributed by atoms with E-state index in [2.05, 4.69) is 36.9 Å². The topological polar surface area (TPSA) is 38.0 Å². The van der Waals surface area contributed by atoms with Crippen molar-refractivity contribution in [3.05, 3.63) is 52.8 Å². The van der Waals surface area contributed by atoms with Crippen LogP contribution < -0.4 is 4.74 Å². The number of nitrogens with zero attached hydrogens (tertiary/aromatic N) is 2. The van der Waals surface area contributed by atoms with E-state index in [1.807, 2.05) is 18.2 Å². The molecule has 0 aliphatic carbocycles. The first kappa shape index (κ1) is 12.3. The van der Waals surface area contributed by atoms with Crippen LogP contribution in [0.4, 0.5) is 0 Å². The summed E-state index contributed by atoms with van der Waals surface area (Å²) < 4.78 is 7.27. The standard InChI is InChI=1S/C15H16N2O/c1-11-8-17(9-12(11)2)10-13-4-5-15(18-3)14(6-13)7-16/h4-6,8-9H,10H2,1-3H3. The summed E-state index contributed by atoms with van der Waals surface area (Å²) in [7, 11) is 1.58. The van der Waals surface area contributed by atoms with Crippen molar-refractivity contribution in [3.8, 4) is 11.8 Å². The van der Waals surface area contributed by atoms with Gasteiger partial charge in [0.25, 0.3) is 0 Å². The van der Waals surface area contributed by atoms with Crippen molar-refractivity contribution >= 4 is 0 Å². The summed E-state index contributed by atoms with van der Waals surface area (Å²) in [5.74, 6) is 0.626. The van der Waals surface area contributed by atoms with E-state index in [4.69, 9.17) is 10.00 Å². The first-order chi connectivity index (χ1) is 8.63. The summed E-state index contributed by atoms with van der Waals surface area (Å²) in [5.41, 5.74) is 4.24. The molecular formula is C15H16N2O. The molecule has 0 unspecified atom stereocenters. The van der Waals surface area contributed by atoms with E-state index in [1.165, 1.54) is 11.1 Å². The van der Waals surface area contributed by atoms with E-state index in [9.17, 15) is 0 Å². The van der Waals surface area contributed by atoms with Gasteiger partial charge in [0, 0.05) is 18.9 Å². The van der Waals surface area contributed by atoms with Crippen molar-refractivity contribution < 1.29 is 4.74 Å². The number of nitriles is 1. The maximum Gasteiger partial charge on any atom is 0.136 e. The molecule has 1 aromatic carbocycles. The van der Waals surface area contributed by atoms with E-state index in [-0.39, 0.29) is 0 Å². The van der Waals surface area contributed by atoms with Gasteiger partial charge < -0.3 is 9.30 Å². The Hall–Kier alpha value is -2.21. The van der Waals surface area contributed by atoms with Crippen LogP contribution >= 0.6 is 0 Å². The summed E-state index contributed by atoms with van der Waals surface area (Å²) in [6.45, 7) is 4.97. The third-order valence-corrected chi connectivity index (χ3v) is 3.09. The molecule has 0 saturated carbocycles. The number of aryl methyl sites for hydroxylation is 2. The Kier molecular flexibility index (Phi) is 3.38. The zero-order valence-corrected chi connectivity index (χ0v) is 10.9. The van der Waals surface area contributed by atoms with Crippen LogP contribution in [0.1, 0.15) is 22.3 Å². The molecule has 2 rings (SSSR count). The predicted octanol–water partition coefficient (Wildman–Crippen LogP) is 3.03. The highest BCUT2D eigenvalue weighted by molar-refractivity contribution is 5.45. The van der Waals surface area contributed by atoms with Crippen LogP contribution in [0.5, 0.6) is 5.75 Å². The number of aromatic nitrogens is 1. The normalized spacial score (nSPS) is 10.1. The van der Waals surface area contributed by atoms with Gasteiger partial charge in [-0.3, -0.25) is 0 Å². The van der Waals surface area contributed by atoms with Crippen LogP contribution in [0.15, 0.2) is 30.6 Å². The van der Waals surface area contributed by atoms with Gasteiger partial charge in [-0.05, 0) is 42.7 Å². The molecule has 0 aliphatic heterocycles. The van der Waals surface area contributed by atoms with E-state index in [0.717, 1.165) is 12.1 Å². The maximum absolute atomic E-state index is 9.05. The van der Waals surface area contributed by atoms with Gasteiger partial charge in [-0.15, -0.1) is 0 Å². The van der Waals surface area contributed by atoms with Gasteiger partial charge in [-0.2, -0.15) is 5.26 Å². The zero-order chi connectivity index (χ0) is 13.1. The highest BCUT2D eigenvalue weighted by atomic mass is 16.5. The Morgan fingerprint density at radius 2 is 1.89 bits per heavy atom. The Bertz CT molecular complexity index is 586. The van der Waals surface area contributed by atoms with Crippen molar-refractivity contribution in [2.75, 3.05) is 7.11 Å². The highest BCUT2D eigenvalue weighted by Crippen LogP contribution is 2.20. The van der Waals surface area contributed by atoms with Crippen LogP contribution in [-0.2, 0) is 6.54 Å². The van der Waals surface area contributed by atoms with Gasteiger partial charge in [-0.1, -0.05) is 6.07 Å². The van der Waals surface area contributed by atoms with Crippen molar-refractivity contribution in [3.63, 3.8) is 0 Å². The fourth-order valence-corrected chi connectivity index (χ4v) is 1.98. The van der Waals surface area contributed by atoms with Crippen LogP contribution in [-0.4, -0.2) is 11.7 Å². The van der Waals surface area contributed by atoms with Crippen LogP contribution in [0.2, 0.25) is 0 Å². The smallest absolute Gasteiger partial charge is 0.136 e. The second-order valence-electron chi connectivity index (χ2n) is 4.44. The molecule has 1 aromatic heterocycles. The number of ether oxygens (including phenoxy) is 1. The average molecular weight is 240 g/mol. The Labute approximate surface area is 107 Å². The van der Waals surface area contributed by atoms with Crippen LogP contribution in [0.25, 0.3) is 0 Å². The third kappa shape index (κ3) is 2.38. The average Bonchev–Trinajstić information content (AvgIpc) is 2.68. The fourth-order valence-electron chi connectivity index (χ4n) is 1.98. The number of rotatable bonds is 3. The molecule has 2 aromatic rings. The molecule has 0 saturated heterocycles. The summed E-state index contributed by atoms with van der Waals surface area (Å²) in [6, 6.07) is 7.87. The lowest BCUT2D eigenvalue weighted by Crippen LogP contribution is -1.98.